The van der Waals surface area contributed by atoms with Crippen LogP contribution in [-0.4, -0.2) is 54.8 Å². The van der Waals surface area contributed by atoms with Gasteiger partial charge in [0.1, 0.15) is 6.04 Å². The van der Waals surface area contributed by atoms with E-state index in [1.807, 2.05) is 18.2 Å². The van der Waals surface area contributed by atoms with Gasteiger partial charge in [0.05, 0.1) is 0 Å². The van der Waals surface area contributed by atoms with E-state index >= 15 is 0 Å². The zero-order chi connectivity index (χ0) is 20.7. The molecule has 3 heterocycles. The summed E-state index contributed by atoms with van der Waals surface area (Å²) >= 11 is 0. The second-order valence-electron chi connectivity index (χ2n) is 8.02. The number of hydrogen-bond acceptors (Lipinski definition) is 5. The van der Waals surface area contributed by atoms with Crippen LogP contribution in [0, 0.1) is 0 Å². The fourth-order valence-electron chi connectivity index (χ4n) is 4.63. The molecule has 0 aromatic heterocycles. The van der Waals surface area contributed by atoms with Crippen molar-refractivity contribution in [2.24, 2.45) is 0 Å². The molecule has 3 aliphatic rings. The number of piperazine rings is 1. The number of piperidine rings is 1. The first-order valence-corrected chi connectivity index (χ1v) is 10.4. The van der Waals surface area contributed by atoms with E-state index in [2.05, 4.69) is 39.8 Å². The molecular weight excluding hydrogens is 380 g/mol. The van der Waals surface area contributed by atoms with E-state index in [-0.39, 0.29) is 24.1 Å². The number of nitrogens with zero attached hydrogens (tertiary/aromatic N) is 2. The third-order valence-electron chi connectivity index (χ3n) is 6.24. The van der Waals surface area contributed by atoms with Crippen molar-refractivity contribution in [2.45, 2.75) is 25.4 Å². The number of fused-ring (bicyclic) bond motifs is 1. The molecule has 0 saturated carbocycles. The molecule has 2 N–H and O–H groups in total. The van der Waals surface area contributed by atoms with Crippen molar-refractivity contribution in [1.82, 2.24) is 15.5 Å². The average Bonchev–Trinajstić information content (AvgIpc) is 3.11. The minimum Gasteiger partial charge on any atom is -0.369 e. The number of amides is 3. The fraction of sp³-hybridized carbons (Fsp3) is 0.348. The summed E-state index contributed by atoms with van der Waals surface area (Å²) in [5, 5.41) is 5.72. The molecule has 3 aliphatic heterocycles. The van der Waals surface area contributed by atoms with Crippen LogP contribution in [0.5, 0.6) is 0 Å². The number of benzene rings is 2. The van der Waals surface area contributed by atoms with Crippen molar-refractivity contribution in [3.05, 3.63) is 53.6 Å². The molecule has 0 radical (unpaired) electrons. The minimum atomic E-state index is -0.592. The maximum Gasteiger partial charge on any atom is 0.255 e. The predicted octanol–water partition coefficient (Wildman–Crippen LogP) is 1.52. The number of carbonyl (C=O) groups is 3. The van der Waals surface area contributed by atoms with Crippen LogP contribution in [-0.2, 0) is 16.1 Å². The van der Waals surface area contributed by atoms with E-state index < -0.39 is 6.04 Å². The Morgan fingerprint density at radius 2 is 1.63 bits per heavy atom. The van der Waals surface area contributed by atoms with Gasteiger partial charge in [0.25, 0.3) is 5.91 Å². The molecule has 2 aromatic carbocycles. The van der Waals surface area contributed by atoms with Crippen LogP contribution in [0.15, 0.2) is 42.5 Å². The van der Waals surface area contributed by atoms with Gasteiger partial charge in [-0.2, -0.15) is 0 Å². The molecule has 1 unspecified atom stereocenters. The lowest BCUT2D eigenvalue weighted by molar-refractivity contribution is -0.136. The first-order chi connectivity index (χ1) is 14.6. The minimum absolute atomic E-state index is 0.140. The van der Waals surface area contributed by atoms with Crippen LogP contribution in [0.3, 0.4) is 0 Å². The Morgan fingerprint density at radius 3 is 2.37 bits per heavy atom. The van der Waals surface area contributed by atoms with Gasteiger partial charge in [-0.25, -0.2) is 0 Å². The quantitative estimate of drug-likeness (QED) is 0.759. The van der Waals surface area contributed by atoms with E-state index in [1.165, 1.54) is 5.69 Å². The number of nitrogens with one attached hydrogen (secondary N) is 2. The lowest BCUT2D eigenvalue weighted by atomic mass is 9.96. The summed E-state index contributed by atoms with van der Waals surface area (Å²) in [5.74, 6) is -0.793. The van der Waals surface area contributed by atoms with Gasteiger partial charge in [-0.15, -0.1) is 0 Å². The second kappa shape index (κ2) is 7.57. The largest absolute Gasteiger partial charge is 0.369 e. The zero-order valence-corrected chi connectivity index (χ0v) is 16.7. The first-order valence-electron chi connectivity index (χ1n) is 10.4. The number of anilines is 1. The summed E-state index contributed by atoms with van der Waals surface area (Å²) in [6, 6.07) is 13.6. The Kier molecular flexibility index (Phi) is 4.75. The highest BCUT2D eigenvalue weighted by Crippen LogP contribution is 2.35. The molecule has 30 heavy (non-hydrogen) atoms. The van der Waals surface area contributed by atoms with Crippen LogP contribution in [0.2, 0.25) is 0 Å². The lowest BCUT2D eigenvalue weighted by Gasteiger charge is -2.29. The Labute approximate surface area is 175 Å². The summed E-state index contributed by atoms with van der Waals surface area (Å²) < 4.78 is 0. The van der Waals surface area contributed by atoms with Gasteiger partial charge >= 0.3 is 0 Å². The van der Waals surface area contributed by atoms with Gasteiger partial charge in [0, 0.05) is 50.4 Å². The third kappa shape index (κ3) is 3.25. The topological polar surface area (TPSA) is 81.8 Å². The molecule has 154 valence electrons. The molecule has 0 spiro atoms. The van der Waals surface area contributed by atoms with Gasteiger partial charge in [-0.3, -0.25) is 19.7 Å². The molecule has 1 atom stereocenters. The van der Waals surface area contributed by atoms with E-state index in [9.17, 15) is 14.4 Å². The van der Waals surface area contributed by atoms with Gasteiger partial charge in [-0.05, 0) is 41.3 Å². The molecular formula is C23H24N4O3. The van der Waals surface area contributed by atoms with Crippen molar-refractivity contribution < 1.29 is 14.4 Å². The highest BCUT2D eigenvalue weighted by molar-refractivity contribution is 6.06. The molecule has 2 aromatic rings. The third-order valence-corrected chi connectivity index (χ3v) is 6.24. The summed E-state index contributed by atoms with van der Waals surface area (Å²) in [5.41, 5.74) is 4.87. The lowest BCUT2D eigenvalue weighted by Crippen LogP contribution is -2.52. The van der Waals surface area contributed by atoms with Crippen LogP contribution in [0.1, 0.15) is 28.8 Å². The summed E-state index contributed by atoms with van der Waals surface area (Å²) in [6.07, 6.45) is 0.635. The Hall–Kier alpha value is -3.19. The smallest absolute Gasteiger partial charge is 0.255 e. The van der Waals surface area contributed by atoms with Crippen LogP contribution in [0.4, 0.5) is 5.69 Å². The standard InChI is InChI=1S/C23H24N4O3/c28-21-9-8-20(22(29)25-21)27-14-19-17(2-1-3-18(19)23(27)30)15-4-6-16(7-5-15)26-12-10-24-11-13-26/h1-7,20,24H,8-14H2,(H,25,28,29). The van der Waals surface area contributed by atoms with E-state index in [1.54, 1.807) is 4.90 Å². The van der Waals surface area contributed by atoms with Crippen molar-refractivity contribution in [2.75, 3.05) is 31.1 Å². The highest BCUT2D eigenvalue weighted by atomic mass is 16.2. The molecule has 7 nitrogen and oxygen atoms in total. The summed E-state index contributed by atoms with van der Waals surface area (Å²) in [6.45, 7) is 4.36. The Morgan fingerprint density at radius 1 is 0.900 bits per heavy atom. The predicted molar refractivity (Wildman–Crippen MR) is 113 cm³/mol. The molecule has 2 saturated heterocycles. The van der Waals surface area contributed by atoms with Crippen molar-refractivity contribution in [1.29, 1.82) is 0 Å². The van der Waals surface area contributed by atoms with Crippen molar-refractivity contribution in [3.63, 3.8) is 0 Å². The van der Waals surface area contributed by atoms with E-state index in [0.29, 0.717) is 18.5 Å². The zero-order valence-electron chi connectivity index (χ0n) is 16.7. The van der Waals surface area contributed by atoms with Gasteiger partial charge < -0.3 is 15.1 Å². The van der Waals surface area contributed by atoms with Crippen LogP contribution < -0.4 is 15.5 Å². The molecule has 5 rings (SSSR count). The Balaban J connectivity index is 1.41. The second-order valence-corrected chi connectivity index (χ2v) is 8.02. The number of hydrogen-bond donors (Lipinski definition) is 2. The van der Waals surface area contributed by atoms with Crippen LogP contribution >= 0.6 is 0 Å². The van der Waals surface area contributed by atoms with E-state index in [4.69, 9.17) is 0 Å². The molecule has 0 aliphatic carbocycles. The summed E-state index contributed by atoms with van der Waals surface area (Å²) in [7, 11) is 0. The monoisotopic (exact) mass is 404 g/mol. The average molecular weight is 404 g/mol. The molecule has 3 amide bonds. The van der Waals surface area contributed by atoms with E-state index in [0.717, 1.165) is 42.9 Å². The van der Waals surface area contributed by atoms with Crippen LogP contribution in [0.25, 0.3) is 11.1 Å². The maximum absolute atomic E-state index is 13.0. The number of carbonyl (C=O) groups excluding carboxylic acids is 3. The SMILES string of the molecule is O=C1CCC(N2Cc3c(cccc3-c3ccc(N4CCNCC4)cc3)C2=O)C(=O)N1. The molecule has 2 fully saturated rings. The van der Waals surface area contributed by atoms with Gasteiger partial charge in [0.15, 0.2) is 0 Å². The number of imide groups is 1. The first kappa shape index (κ1) is 18.8. The number of rotatable bonds is 3. The fourth-order valence-corrected chi connectivity index (χ4v) is 4.63. The summed E-state index contributed by atoms with van der Waals surface area (Å²) in [4.78, 5) is 40.8. The maximum atomic E-state index is 13.0. The molecule has 7 heteroatoms. The van der Waals surface area contributed by atoms with Gasteiger partial charge in [-0.1, -0.05) is 24.3 Å². The Bertz CT molecular complexity index is 1010. The normalized spacial score (nSPS) is 21.6. The molecule has 0 bridgehead atoms. The van der Waals surface area contributed by atoms with Gasteiger partial charge in [0.2, 0.25) is 11.8 Å². The van der Waals surface area contributed by atoms with Crippen molar-refractivity contribution >= 4 is 23.4 Å². The highest BCUT2D eigenvalue weighted by Gasteiger charge is 2.39. The van der Waals surface area contributed by atoms with Crippen molar-refractivity contribution in [3.8, 4) is 11.1 Å².